The highest BCUT2D eigenvalue weighted by Crippen LogP contribution is 2.20. The maximum absolute atomic E-state index is 10.4. The molecule has 0 radical (unpaired) electrons. The molecule has 2 aromatic carbocycles. The molecule has 0 aliphatic rings. The van der Waals surface area contributed by atoms with E-state index < -0.39 is 11.9 Å². The van der Waals surface area contributed by atoms with Gasteiger partial charge in [0, 0.05) is 12.2 Å². The van der Waals surface area contributed by atoms with Crippen LogP contribution in [-0.4, -0.2) is 22.2 Å². The van der Waals surface area contributed by atoms with Crippen LogP contribution in [0.1, 0.15) is 11.1 Å². The van der Waals surface area contributed by atoms with Gasteiger partial charge in [0.25, 0.3) is 0 Å². The lowest BCUT2D eigenvalue weighted by Crippen LogP contribution is -1.85. The molecule has 0 aliphatic carbocycles. The van der Waals surface area contributed by atoms with Gasteiger partial charge in [0.1, 0.15) is 0 Å². The van der Waals surface area contributed by atoms with Crippen molar-refractivity contribution in [2.75, 3.05) is 0 Å². The molecule has 2 aromatic rings. The van der Waals surface area contributed by atoms with Crippen LogP contribution in [0, 0.1) is 0 Å². The average Bonchev–Trinajstić information content (AvgIpc) is 2.58. The number of hydrogen-bond acceptors (Lipinski definition) is 4. The molecule has 6 heteroatoms. The summed E-state index contributed by atoms with van der Waals surface area (Å²) in [6.07, 6.45) is 5.12. The Morgan fingerprint density at radius 2 is 1.00 bits per heavy atom. The van der Waals surface area contributed by atoms with Gasteiger partial charge in [-0.3, -0.25) is 0 Å². The van der Waals surface area contributed by atoms with Crippen LogP contribution in [0.15, 0.2) is 70.9 Å². The highest BCUT2D eigenvalue weighted by molar-refractivity contribution is 5.85. The van der Waals surface area contributed by atoms with E-state index in [9.17, 15) is 9.59 Å². The molecule has 2 N–H and O–H groups in total. The highest BCUT2D eigenvalue weighted by atomic mass is 16.4. The summed E-state index contributed by atoms with van der Waals surface area (Å²) < 4.78 is 0. The van der Waals surface area contributed by atoms with Gasteiger partial charge in [-0.25, -0.2) is 9.59 Å². The van der Waals surface area contributed by atoms with Crippen LogP contribution in [0.5, 0.6) is 0 Å². The lowest BCUT2D eigenvalue weighted by Gasteiger charge is -1.96. The monoisotopic (exact) mass is 322 g/mol. The minimum atomic E-state index is -1.000. The standard InChI is InChI=1S/C18H14N2O4/c21-17(22)11-5-13-1-7-15(8-2-13)19-20-16-9-3-14(4-10-16)6-12-18(23)24/h1-12H,(H,21,22)(H,23,24)/b11-5+,12-6+,20-19?. The van der Waals surface area contributed by atoms with E-state index in [1.54, 1.807) is 48.5 Å². The number of carboxylic acid groups (broad SMARTS) is 2. The van der Waals surface area contributed by atoms with Gasteiger partial charge in [-0.05, 0) is 47.5 Å². The number of carboxylic acids is 2. The predicted molar refractivity (Wildman–Crippen MR) is 90.4 cm³/mol. The molecular formula is C18H14N2O4. The van der Waals surface area contributed by atoms with Crippen molar-refractivity contribution in [2.45, 2.75) is 0 Å². The Kier molecular flexibility index (Phi) is 5.74. The minimum absolute atomic E-state index is 0.636. The number of rotatable bonds is 6. The van der Waals surface area contributed by atoms with Gasteiger partial charge in [-0.15, -0.1) is 0 Å². The second-order valence-electron chi connectivity index (χ2n) is 4.73. The third kappa shape index (κ3) is 5.69. The molecule has 0 heterocycles. The lowest BCUT2D eigenvalue weighted by molar-refractivity contribution is -0.132. The van der Waals surface area contributed by atoms with Crippen molar-refractivity contribution in [3.63, 3.8) is 0 Å². The van der Waals surface area contributed by atoms with Crippen molar-refractivity contribution in [1.82, 2.24) is 0 Å². The van der Waals surface area contributed by atoms with Crippen molar-refractivity contribution in [1.29, 1.82) is 0 Å². The molecule has 6 nitrogen and oxygen atoms in total. The second kappa shape index (κ2) is 8.19. The lowest BCUT2D eigenvalue weighted by atomic mass is 10.2. The SMILES string of the molecule is O=C(O)/C=C/c1ccc(N=Nc2ccc(/C=C/C(=O)O)cc2)cc1. The molecule has 2 rings (SSSR count). The highest BCUT2D eigenvalue weighted by Gasteiger charge is 1.94. The Balaban J connectivity index is 2.02. The topological polar surface area (TPSA) is 99.3 Å². The minimum Gasteiger partial charge on any atom is -0.478 e. The fraction of sp³-hybridized carbons (Fsp3) is 0. The third-order valence-corrected chi connectivity index (χ3v) is 2.90. The molecule has 0 aliphatic heterocycles. The summed E-state index contributed by atoms with van der Waals surface area (Å²) in [5.41, 5.74) is 2.78. The summed E-state index contributed by atoms with van der Waals surface area (Å²) in [7, 11) is 0. The number of azo groups is 1. The van der Waals surface area contributed by atoms with E-state index in [2.05, 4.69) is 10.2 Å². The van der Waals surface area contributed by atoms with Crippen LogP contribution in [0.2, 0.25) is 0 Å². The second-order valence-corrected chi connectivity index (χ2v) is 4.73. The maximum atomic E-state index is 10.4. The van der Waals surface area contributed by atoms with Crippen LogP contribution in [-0.2, 0) is 9.59 Å². The van der Waals surface area contributed by atoms with E-state index in [-0.39, 0.29) is 0 Å². The van der Waals surface area contributed by atoms with Crippen molar-refractivity contribution < 1.29 is 19.8 Å². The van der Waals surface area contributed by atoms with Gasteiger partial charge < -0.3 is 10.2 Å². The average molecular weight is 322 g/mol. The molecule has 120 valence electrons. The summed E-state index contributed by atoms with van der Waals surface area (Å²) in [5, 5.41) is 25.3. The molecule has 0 atom stereocenters. The van der Waals surface area contributed by atoms with E-state index in [4.69, 9.17) is 10.2 Å². The van der Waals surface area contributed by atoms with Crippen LogP contribution >= 0.6 is 0 Å². The van der Waals surface area contributed by atoms with Gasteiger partial charge in [-0.2, -0.15) is 10.2 Å². The Bertz CT molecular complexity index is 734. The van der Waals surface area contributed by atoms with E-state index in [1.165, 1.54) is 12.2 Å². The molecule has 0 unspecified atom stereocenters. The van der Waals surface area contributed by atoms with Crippen LogP contribution in [0.25, 0.3) is 12.2 Å². The fourth-order valence-corrected chi connectivity index (χ4v) is 1.75. The third-order valence-electron chi connectivity index (χ3n) is 2.90. The molecule has 0 saturated carbocycles. The van der Waals surface area contributed by atoms with E-state index >= 15 is 0 Å². The molecule has 0 aromatic heterocycles. The van der Waals surface area contributed by atoms with Crippen molar-refractivity contribution in [3.05, 3.63) is 71.8 Å². The first kappa shape index (κ1) is 16.8. The van der Waals surface area contributed by atoms with Crippen LogP contribution < -0.4 is 0 Å². The molecule has 0 bridgehead atoms. The first-order valence-electron chi connectivity index (χ1n) is 6.97. The summed E-state index contributed by atoms with van der Waals surface area (Å²) in [5.74, 6) is -2.00. The Hall–Kier alpha value is -3.54. The molecule has 0 saturated heterocycles. The van der Waals surface area contributed by atoms with E-state index in [0.29, 0.717) is 11.4 Å². The number of aliphatic carboxylic acids is 2. The largest absolute Gasteiger partial charge is 0.478 e. The number of carbonyl (C=O) groups is 2. The molecule has 0 spiro atoms. The van der Waals surface area contributed by atoms with Crippen molar-refractivity contribution in [2.24, 2.45) is 10.2 Å². The molecular weight excluding hydrogens is 308 g/mol. The molecule has 24 heavy (non-hydrogen) atoms. The number of benzene rings is 2. The van der Waals surface area contributed by atoms with Crippen LogP contribution in [0.3, 0.4) is 0 Å². The van der Waals surface area contributed by atoms with Gasteiger partial charge in [0.15, 0.2) is 0 Å². The van der Waals surface area contributed by atoms with E-state index in [0.717, 1.165) is 23.3 Å². The zero-order chi connectivity index (χ0) is 17.4. The van der Waals surface area contributed by atoms with Gasteiger partial charge in [0.2, 0.25) is 0 Å². The van der Waals surface area contributed by atoms with Gasteiger partial charge in [0.05, 0.1) is 11.4 Å². The zero-order valence-electron chi connectivity index (χ0n) is 12.5. The Morgan fingerprint density at radius 3 is 1.29 bits per heavy atom. The molecule has 0 amide bonds. The van der Waals surface area contributed by atoms with Crippen molar-refractivity contribution in [3.8, 4) is 0 Å². The predicted octanol–water partition coefficient (Wildman–Crippen LogP) is 4.30. The van der Waals surface area contributed by atoms with Gasteiger partial charge >= 0.3 is 11.9 Å². The van der Waals surface area contributed by atoms with Crippen LogP contribution in [0.4, 0.5) is 11.4 Å². The van der Waals surface area contributed by atoms with E-state index in [1.807, 2.05) is 0 Å². The Morgan fingerprint density at radius 1 is 0.667 bits per heavy atom. The maximum Gasteiger partial charge on any atom is 0.328 e. The summed E-state index contributed by atoms with van der Waals surface area (Å²) in [4.78, 5) is 20.9. The quantitative estimate of drug-likeness (QED) is 0.612. The molecule has 0 fully saturated rings. The fourth-order valence-electron chi connectivity index (χ4n) is 1.75. The first-order chi connectivity index (χ1) is 11.5. The summed E-state index contributed by atoms with van der Waals surface area (Å²) >= 11 is 0. The number of hydrogen-bond donors (Lipinski definition) is 2. The number of nitrogens with zero attached hydrogens (tertiary/aromatic N) is 2. The zero-order valence-corrected chi connectivity index (χ0v) is 12.5. The normalized spacial score (nSPS) is 11.5. The first-order valence-corrected chi connectivity index (χ1v) is 6.97. The summed E-state index contributed by atoms with van der Waals surface area (Å²) in [6, 6.07) is 13.9. The Labute approximate surface area is 138 Å². The smallest absolute Gasteiger partial charge is 0.328 e. The summed E-state index contributed by atoms with van der Waals surface area (Å²) in [6.45, 7) is 0. The van der Waals surface area contributed by atoms with Crippen molar-refractivity contribution >= 4 is 35.5 Å². The van der Waals surface area contributed by atoms with Gasteiger partial charge in [-0.1, -0.05) is 24.3 Å².